The Balaban J connectivity index is 2.95. The largest absolute Gasteiger partial charge is 0.303 e. The van der Waals surface area contributed by atoms with E-state index in [2.05, 4.69) is 13.8 Å². The summed E-state index contributed by atoms with van der Waals surface area (Å²) in [6.45, 7) is 4.61. The fraction of sp³-hybridized carbons (Fsp3) is 0.923. The highest BCUT2D eigenvalue weighted by atomic mass is 16.1. The van der Waals surface area contributed by atoms with E-state index < -0.39 is 0 Å². The molecule has 0 saturated carbocycles. The van der Waals surface area contributed by atoms with Crippen LogP contribution in [0.4, 0.5) is 0 Å². The van der Waals surface area contributed by atoms with E-state index in [1.807, 2.05) is 0 Å². The molecule has 0 N–H and O–H groups in total. The Morgan fingerprint density at radius 1 is 1.00 bits per heavy atom. The molecule has 1 nitrogen and oxygen atoms in total. The summed E-state index contributed by atoms with van der Waals surface area (Å²) in [4.78, 5) is 10.0. The van der Waals surface area contributed by atoms with E-state index >= 15 is 0 Å². The topological polar surface area (TPSA) is 17.1 Å². The zero-order valence-corrected chi connectivity index (χ0v) is 9.93. The molecule has 14 heavy (non-hydrogen) atoms. The third-order valence-electron chi connectivity index (χ3n) is 2.97. The first-order valence-electron chi connectivity index (χ1n) is 6.24. The molecule has 0 aromatic carbocycles. The Labute approximate surface area is 89.3 Å². The molecule has 0 aliphatic heterocycles. The lowest BCUT2D eigenvalue weighted by molar-refractivity contribution is -0.107. The van der Waals surface area contributed by atoms with E-state index in [9.17, 15) is 4.79 Å². The summed E-state index contributed by atoms with van der Waals surface area (Å²) in [7, 11) is 0. The summed E-state index contributed by atoms with van der Waals surface area (Å²) in [6, 6.07) is 0. The van der Waals surface area contributed by atoms with Gasteiger partial charge in [-0.05, 0) is 12.3 Å². The molecule has 0 aromatic rings. The van der Waals surface area contributed by atoms with E-state index in [1.54, 1.807) is 0 Å². The van der Waals surface area contributed by atoms with Gasteiger partial charge in [0, 0.05) is 6.42 Å². The predicted molar refractivity (Wildman–Crippen MR) is 62.5 cm³/mol. The lowest BCUT2D eigenvalue weighted by Crippen LogP contribution is -1.91. The number of hydrogen-bond acceptors (Lipinski definition) is 1. The molecule has 0 aliphatic carbocycles. The molecule has 0 spiro atoms. The van der Waals surface area contributed by atoms with Crippen LogP contribution in [0.15, 0.2) is 0 Å². The first-order valence-corrected chi connectivity index (χ1v) is 6.24. The Kier molecular flexibility index (Phi) is 10.5. The normalized spacial score (nSPS) is 12.7. The highest BCUT2D eigenvalue weighted by Gasteiger charge is 1.97. The van der Waals surface area contributed by atoms with Crippen molar-refractivity contribution < 1.29 is 4.79 Å². The fourth-order valence-corrected chi connectivity index (χ4v) is 1.63. The van der Waals surface area contributed by atoms with Gasteiger partial charge in [0.15, 0.2) is 0 Å². The van der Waals surface area contributed by atoms with Crippen LogP contribution in [0.5, 0.6) is 0 Å². The molecule has 0 bridgehead atoms. The van der Waals surface area contributed by atoms with Gasteiger partial charge in [0.05, 0.1) is 0 Å². The number of carbonyl (C=O) groups is 1. The third kappa shape index (κ3) is 9.76. The molecule has 0 fully saturated rings. The molecule has 0 rings (SSSR count). The smallest absolute Gasteiger partial charge is 0.119 e. The Hall–Kier alpha value is -0.330. The second kappa shape index (κ2) is 10.7. The van der Waals surface area contributed by atoms with Gasteiger partial charge < -0.3 is 4.79 Å². The van der Waals surface area contributed by atoms with Crippen molar-refractivity contribution in [1.82, 2.24) is 0 Å². The predicted octanol–water partition coefficient (Wildman–Crippen LogP) is 4.35. The van der Waals surface area contributed by atoms with Gasteiger partial charge in [0.25, 0.3) is 0 Å². The molecule has 0 aliphatic rings. The monoisotopic (exact) mass is 198 g/mol. The van der Waals surface area contributed by atoms with E-state index in [-0.39, 0.29) is 0 Å². The van der Waals surface area contributed by atoms with Gasteiger partial charge in [-0.3, -0.25) is 0 Å². The average molecular weight is 198 g/mol. The molecule has 1 unspecified atom stereocenters. The van der Waals surface area contributed by atoms with Crippen molar-refractivity contribution >= 4 is 6.29 Å². The summed E-state index contributed by atoms with van der Waals surface area (Å²) in [5, 5.41) is 0. The van der Waals surface area contributed by atoms with Gasteiger partial charge in [-0.2, -0.15) is 0 Å². The standard InChI is InChI=1S/C13H26O/c1-3-13(2)11-9-7-5-4-6-8-10-12-14/h12-13H,3-11H2,1-2H3. The summed E-state index contributed by atoms with van der Waals surface area (Å²) < 4.78 is 0. The van der Waals surface area contributed by atoms with Crippen molar-refractivity contribution in [2.45, 2.75) is 71.6 Å². The van der Waals surface area contributed by atoms with Crippen LogP contribution in [0.25, 0.3) is 0 Å². The van der Waals surface area contributed by atoms with Crippen LogP contribution in [0, 0.1) is 5.92 Å². The van der Waals surface area contributed by atoms with Crippen molar-refractivity contribution in [3.63, 3.8) is 0 Å². The Bertz CT molecular complexity index is 120. The van der Waals surface area contributed by atoms with Crippen LogP contribution in [0.2, 0.25) is 0 Å². The number of aldehydes is 1. The molecule has 0 amide bonds. The molecular weight excluding hydrogens is 172 g/mol. The number of unbranched alkanes of at least 4 members (excludes halogenated alkanes) is 6. The minimum absolute atomic E-state index is 0.757. The Morgan fingerprint density at radius 3 is 2.14 bits per heavy atom. The summed E-state index contributed by atoms with van der Waals surface area (Å²) in [5.41, 5.74) is 0. The highest BCUT2D eigenvalue weighted by molar-refractivity contribution is 5.48. The highest BCUT2D eigenvalue weighted by Crippen LogP contribution is 2.14. The molecular formula is C13H26O. The lowest BCUT2D eigenvalue weighted by atomic mass is 10.00. The van der Waals surface area contributed by atoms with Crippen molar-refractivity contribution in [1.29, 1.82) is 0 Å². The quantitative estimate of drug-likeness (QED) is 0.377. The molecule has 0 aromatic heterocycles. The maximum Gasteiger partial charge on any atom is 0.119 e. The van der Waals surface area contributed by atoms with Crippen LogP contribution in [-0.2, 0) is 4.79 Å². The second-order valence-corrected chi connectivity index (χ2v) is 4.38. The molecule has 1 heteroatoms. The van der Waals surface area contributed by atoms with Crippen LogP contribution in [0.3, 0.4) is 0 Å². The van der Waals surface area contributed by atoms with Crippen LogP contribution < -0.4 is 0 Å². The van der Waals surface area contributed by atoms with Gasteiger partial charge in [-0.25, -0.2) is 0 Å². The van der Waals surface area contributed by atoms with Gasteiger partial charge in [0.2, 0.25) is 0 Å². The van der Waals surface area contributed by atoms with Crippen molar-refractivity contribution in [2.24, 2.45) is 5.92 Å². The van der Waals surface area contributed by atoms with E-state index in [0.29, 0.717) is 0 Å². The fourth-order valence-electron chi connectivity index (χ4n) is 1.63. The van der Waals surface area contributed by atoms with Gasteiger partial charge in [-0.15, -0.1) is 0 Å². The molecule has 0 heterocycles. The minimum atomic E-state index is 0.757. The maximum absolute atomic E-state index is 10.0. The minimum Gasteiger partial charge on any atom is -0.303 e. The zero-order valence-electron chi connectivity index (χ0n) is 9.93. The van der Waals surface area contributed by atoms with Gasteiger partial charge in [0.1, 0.15) is 6.29 Å². The number of carbonyl (C=O) groups excluding carboxylic acids is 1. The average Bonchev–Trinajstić information content (AvgIpc) is 2.21. The van der Waals surface area contributed by atoms with Gasteiger partial charge >= 0.3 is 0 Å². The zero-order chi connectivity index (χ0) is 10.6. The summed E-state index contributed by atoms with van der Waals surface area (Å²) >= 11 is 0. The second-order valence-electron chi connectivity index (χ2n) is 4.38. The molecule has 84 valence electrons. The lowest BCUT2D eigenvalue weighted by Gasteiger charge is -2.07. The number of rotatable bonds is 10. The van der Waals surface area contributed by atoms with Crippen LogP contribution in [0.1, 0.15) is 71.6 Å². The first-order chi connectivity index (χ1) is 6.81. The van der Waals surface area contributed by atoms with Crippen LogP contribution in [-0.4, -0.2) is 6.29 Å². The van der Waals surface area contributed by atoms with Gasteiger partial charge in [-0.1, -0.05) is 58.8 Å². The number of hydrogen-bond donors (Lipinski definition) is 0. The van der Waals surface area contributed by atoms with Crippen molar-refractivity contribution in [2.75, 3.05) is 0 Å². The van der Waals surface area contributed by atoms with Crippen molar-refractivity contribution in [3.05, 3.63) is 0 Å². The van der Waals surface area contributed by atoms with Crippen molar-refractivity contribution in [3.8, 4) is 0 Å². The Morgan fingerprint density at radius 2 is 1.57 bits per heavy atom. The maximum atomic E-state index is 10.0. The first kappa shape index (κ1) is 13.7. The molecule has 1 atom stereocenters. The molecule has 0 saturated heterocycles. The van der Waals surface area contributed by atoms with Crippen LogP contribution >= 0.6 is 0 Å². The summed E-state index contributed by atoms with van der Waals surface area (Å²) in [5.74, 6) is 0.907. The summed E-state index contributed by atoms with van der Waals surface area (Å²) in [6.07, 6.45) is 12.3. The van der Waals surface area contributed by atoms with E-state index in [1.165, 1.54) is 44.9 Å². The third-order valence-corrected chi connectivity index (χ3v) is 2.97. The van der Waals surface area contributed by atoms with E-state index in [0.717, 1.165) is 25.0 Å². The SMILES string of the molecule is CCC(C)CCCCCCCCC=O. The van der Waals surface area contributed by atoms with E-state index in [4.69, 9.17) is 0 Å². The molecule has 0 radical (unpaired) electrons.